The lowest BCUT2D eigenvalue weighted by molar-refractivity contribution is 0.0954. The van der Waals surface area contributed by atoms with Crippen LogP contribution in [0.3, 0.4) is 0 Å². The van der Waals surface area contributed by atoms with E-state index in [2.05, 4.69) is 11.6 Å². The van der Waals surface area contributed by atoms with Crippen molar-refractivity contribution in [2.45, 2.75) is 25.7 Å². The first-order valence-corrected chi connectivity index (χ1v) is 7.86. The minimum absolute atomic E-state index is 0.178. The van der Waals surface area contributed by atoms with E-state index in [1.807, 2.05) is 11.8 Å². The van der Waals surface area contributed by atoms with Crippen LogP contribution in [0.2, 0.25) is 0 Å². The topological polar surface area (TPSA) is 55.1 Å². The number of thioether (sulfide) groups is 1. The van der Waals surface area contributed by atoms with E-state index in [1.54, 1.807) is 0 Å². The number of unbranched alkanes of at least 4 members (excludes halogenated alkanes) is 3. The van der Waals surface area contributed by atoms with Gasteiger partial charge in [0, 0.05) is 12.2 Å². The molecule has 0 saturated heterocycles. The summed E-state index contributed by atoms with van der Waals surface area (Å²) in [6.07, 6.45) is 6.59. The van der Waals surface area contributed by atoms with Gasteiger partial charge in [-0.2, -0.15) is 11.8 Å². The molecule has 0 spiro atoms. The molecule has 0 aliphatic rings. The number of carbonyl (C=O) groups excluding carboxylic acids is 1. The molecule has 3 nitrogen and oxygen atoms in total. The van der Waals surface area contributed by atoms with Crippen molar-refractivity contribution in [2.24, 2.45) is 0 Å². The van der Waals surface area contributed by atoms with Crippen LogP contribution in [0.5, 0.6) is 0 Å². The highest BCUT2D eigenvalue weighted by Gasteiger charge is 2.09. The first-order valence-electron chi connectivity index (χ1n) is 6.47. The van der Waals surface area contributed by atoms with Gasteiger partial charge in [0.05, 0.1) is 5.56 Å². The van der Waals surface area contributed by atoms with Crippen molar-refractivity contribution >= 4 is 23.4 Å². The third-order valence-corrected chi connectivity index (χ3v) is 3.52. The Morgan fingerprint density at radius 1 is 1.32 bits per heavy atom. The Morgan fingerprint density at radius 3 is 2.74 bits per heavy atom. The summed E-state index contributed by atoms with van der Waals surface area (Å²) in [5, 5.41) is 2.80. The van der Waals surface area contributed by atoms with Crippen molar-refractivity contribution in [3.05, 3.63) is 29.6 Å². The molecule has 0 aliphatic heterocycles. The highest BCUT2D eigenvalue weighted by molar-refractivity contribution is 7.98. The second-order valence-electron chi connectivity index (χ2n) is 4.39. The summed E-state index contributed by atoms with van der Waals surface area (Å²) in [5.74, 6) is 0.530. The van der Waals surface area contributed by atoms with E-state index in [-0.39, 0.29) is 11.6 Å². The molecule has 106 valence electrons. The van der Waals surface area contributed by atoms with E-state index in [0.717, 1.165) is 18.9 Å². The Bertz CT molecular complexity index is 412. The van der Waals surface area contributed by atoms with Gasteiger partial charge in [-0.25, -0.2) is 4.39 Å². The summed E-state index contributed by atoms with van der Waals surface area (Å²) in [6.45, 7) is 0.634. The van der Waals surface area contributed by atoms with Crippen LogP contribution in [-0.2, 0) is 0 Å². The number of benzene rings is 1. The standard InChI is InChI=1S/C14H21FN2OS/c1-19-9-5-3-2-4-8-17-14(18)12-7-6-11(15)10-13(12)16/h6-7,10H,2-5,8-9,16H2,1H3,(H,17,18). The van der Waals surface area contributed by atoms with Gasteiger partial charge in [-0.3, -0.25) is 4.79 Å². The Balaban J connectivity index is 2.24. The number of nitrogens with one attached hydrogen (secondary N) is 1. The van der Waals surface area contributed by atoms with E-state index in [9.17, 15) is 9.18 Å². The lowest BCUT2D eigenvalue weighted by atomic mass is 10.1. The zero-order chi connectivity index (χ0) is 14.1. The second kappa shape index (κ2) is 8.80. The largest absolute Gasteiger partial charge is 0.398 e. The molecule has 0 unspecified atom stereocenters. The van der Waals surface area contributed by atoms with Crippen LogP contribution in [0.1, 0.15) is 36.0 Å². The molecule has 0 heterocycles. The smallest absolute Gasteiger partial charge is 0.253 e. The first-order chi connectivity index (χ1) is 9.15. The molecule has 19 heavy (non-hydrogen) atoms. The van der Waals surface area contributed by atoms with Crippen molar-refractivity contribution in [2.75, 3.05) is 24.3 Å². The number of anilines is 1. The molecule has 0 saturated carbocycles. The van der Waals surface area contributed by atoms with Crippen molar-refractivity contribution in [1.29, 1.82) is 0 Å². The molecule has 0 fully saturated rings. The highest BCUT2D eigenvalue weighted by Crippen LogP contribution is 2.13. The average molecular weight is 284 g/mol. The van der Waals surface area contributed by atoms with Gasteiger partial charge in [-0.15, -0.1) is 0 Å². The van der Waals surface area contributed by atoms with Gasteiger partial charge >= 0.3 is 0 Å². The van der Waals surface area contributed by atoms with Crippen molar-refractivity contribution in [3.8, 4) is 0 Å². The Morgan fingerprint density at radius 2 is 2.05 bits per heavy atom. The van der Waals surface area contributed by atoms with Gasteiger partial charge < -0.3 is 11.1 Å². The van der Waals surface area contributed by atoms with Gasteiger partial charge in [0.15, 0.2) is 0 Å². The number of halogens is 1. The molecule has 0 aliphatic carbocycles. The molecule has 0 atom stereocenters. The van der Waals surface area contributed by atoms with Crippen molar-refractivity contribution < 1.29 is 9.18 Å². The summed E-state index contributed by atoms with van der Waals surface area (Å²) in [7, 11) is 0. The van der Waals surface area contributed by atoms with Crippen molar-refractivity contribution in [3.63, 3.8) is 0 Å². The lowest BCUT2D eigenvalue weighted by Crippen LogP contribution is -2.25. The van der Waals surface area contributed by atoms with Crippen LogP contribution in [-0.4, -0.2) is 24.5 Å². The summed E-state index contributed by atoms with van der Waals surface area (Å²) in [6, 6.07) is 3.82. The maximum atomic E-state index is 12.9. The Hall–Kier alpha value is -1.23. The van der Waals surface area contributed by atoms with Gasteiger partial charge in [0.25, 0.3) is 5.91 Å². The second-order valence-corrected chi connectivity index (χ2v) is 5.38. The van der Waals surface area contributed by atoms with E-state index in [4.69, 9.17) is 5.73 Å². The number of amides is 1. The normalized spacial score (nSPS) is 10.4. The van der Waals surface area contributed by atoms with E-state index < -0.39 is 5.82 Å². The van der Waals surface area contributed by atoms with Gasteiger partial charge in [-0.1, -0.05) is 12.8 Å². The average Bonchev–Trinajstić information content (AvgIpc) is 2.37. The molecule has 0 bridgehead atoms. The Labute approximate surface area is 118 Å². The number of nitrogens with two attached hydrogens (primary N) is 1. The molecular formula is C14H21FN2OS. The lowest BCUT2D eigenvalue weighted by Gasteiger charge is -2.07. The zero-order valence-electron chi connectivity index (χ0n) is 11.2. The maximum Gasteiger partial charge on any atom is 0.253 e. The van der Waals surface area contributed by atoms with Crippen LogP contribution in [0.15, 0.2) is 18.2 Å². The number of hydrogen-bond donors (Lipinski definition) is 2. The molecule has 1 aromatic carbocycles. The monoisotopic (exact) mass is 284 g/mol. The minimum atomic E-state index is -0.428. The highest BCUT2D eigenvalue weighted by atomic mass is 32.2. The quantitative estimate of drug-likeness (QED) is 0.570. The summed E-state index contributed by atoms with van der Waals surface area (Å²) in [5.41, 5.74) is 6.12. The zero-order valence-corrected chi connectivity index (χ0v) is 12.1. The number of rotatable bonds is 8. The van der Waals surface area contributed by atoms with Crippen LogP contribution in [0.25, 0.3) is 0 Å². The fourth-order valence-corrected chi connectivity index (χ4v) is 2.26. The van der Waals surface area contributed by atoms with Gasteiger partial charge in [0.1, 0.15) is 5.82 Å². The van der Waals surface area contributed by atoms with Gasteiger partial charge in [0.2, 0.25) is 0 Å². The van der Waals surface area contributed by atoms with Crippen molar-refractivity contribution in [1.82, 2.24) is 5.32 Å². The minimum Gasteiger partial charge on any atom is -0.398 e. The molecule has 0 aromatic heterocycles. The fraction of sp³-hybridized carbons (Fsp3) is 0.500. The van der Waals surface area contributed by atoms with E-state index in [1.165, 1.54) is 30.7 Å². The number of carbonyl (C=O) groups is 1. The van der Waals surface area contributed by atoms with Gasteiger partial charge in [-0.05, 0) is 43.0 Å². The third-order valence-electron chi connectivity index (χ3n) is 2.82. The van der Waals surface area contributed by atoms with Crippen LogP contribution >= 0.6 is 11.8 Å². The molecular weight excluding hydrogens is 263 g/mol. The SMILES string of the molecule is CSCCCCCCNC(=O)c1ccc(F)cc1N. The summed E-state index contributed by atoms with van der Waals surface area (Å²) < 4.78 is 12.9. The maximum absolute atomic E-state index is 12.9. The molecule has 1 amide bonds. The van der Waals surface area contributed by atoms with Crippen LogP contribution in [0.4, 0.5) is 10.1 Å². The van der Waals surface area contributed by atoms with E-state index in [0.29, 0.717) is 12.1 Å². The van der Waals surface area contributed by atoms with Crippen LogP contribution in [0, 0.1) is 5.82 Å². The first kappa shape index (κ1) is 15.8. The summed E-state index contributed by atoms with van der Waals surface area (Å²) in [4.78, 5) is 11.8. The molecule has 5 heteroatoms. The molecule has 3 N–H and O–H groups in total. The molecule has 1 aromatic rings. The van der Waals surface area contributed by atoms with E-state index >= 15 is 0 Å². The molecule has 1 rings (SSSR count). The van der Waals surface area contributed by atoms with Crippen LogP contribution < -0.4 is 11.1 Å². The Kier molecular flexibility index (Phi) is 7.33. The third kappa shape index (κ3) is 5.96. The number of hydrogen-bond acceptors (Lipinski definition) is 3. The number of nitrogen functional groups attached to an aromatic ring is 1. The predicted molar refractivity (Wildman–Crippen MR) is 80.0 cm³/mol. The predicted octanol–water partition coefficient (Wildman–Crippen LogP) is 3.06. The fourth-order valence-electron chi connectivity index (χ4n) is 1.76. The summed E-state index contributed by atoms with van der Waals surface area (Å²) >= 11 is 1.86. The molecule has 0 radical (unpaired) electrons.